The second-order valence-corrected chi connectivity index (χ2v) is 6.38. The highest BCUT2D eigenvalue weighted by Gasteiger charge is 2.41. The van der Waals surface area contributed by atoms with E-state index in [1.807, 2.05) is 0 Å². The second-order valence-electron chi connectivity index (χ2n) is 6.38. The van der Waals surface area contributed by atoms with Gasteiger partial charge >= 0.3 is 5.97 Å². The van der Waals surface area contributed by atoms with Gasteiger partial charge in [-0.15, -0.1) is 0 Å². The van der Waals surface area contributed by atoms with Gasteiger partial charge in [-0.25, -0.2) is 4.79 Å². The van der Waals surface area contributed by atoms with Crippen LogP contribution >= 0.6 is 0 Å². The van der Waals surface area contributed by atoms with Gasteiger partial charge in [-0.05, 0) is 62.1 Å². The lowest BCUT2D eigenvalue weighted by molar-refractivity contribution is 0.0698. The van der Waals surface area contributed by atoms with E-state index in [4.69, 9.17) is 5.73 Å². The first-order valence-electron chi connectivity index (χ1n) is 7.44. The van der Waals surface area contributed by atoms with Gasteiger partial charge in [0.05, 0.1) is 5.56 Å². The third-order valence-corrected chi connectivity index (χ3v) is 5.09. The average molecular weight is 274 g/mol. The smallest absolute Gasteiger partial charge is 0.337 e. The molecule has 0 amide bonds. The lowest BCUT2D eigenvalue weighted by Gasteiger charge is -2.29. The molecule has 2 bridgehead atoms. The Morgan fingerprint density at radius 3 is 2.80 bits per heavy atom. The van der Waals surface area contributed by atoms with Gasteiger partial charge in [-0.3, -0.25) is 0 Å². The molecule has 1 aromatic carbocycles. The summed E-state index contributed by atoms with van der Waals surface area (Å²) in [5.41, 5.74) is 7.11. The molecule has 3 rings (SSSR count). The molecule has 2 aliphatic carbocycles. The molecule has 108 valence electrons. The molecule has 0 saturated heterocycles. The lowest BCUT2D eigenvalue weighted by atomic mass is 9.84. The van der Waals surface area contributed by atoms with Crippen LogP contribution in [0.4, 0.5) is 11.4 Å². The summed E-state index contributed by atoms with van der Waals surface area (Å²) >= 11 is 0. The van der Waals surface area contributed by atoms with Gasteiger partial charge in [-0.2, -0.15) is 0 Å². The normalized spacial score (nSPS) is 29.4. The maximum absolute atomic E-state index is 11.3. The molecule has 2 aliphatic rings. The minimum Gasteiger partial charge on any atom is -0.478 e. The first-order valence-corrected chi connectivity index (χ1v) is 7.44. The number of fused-ring (bicyclic) bond motifs is 2. The summed E-state index contributed by atoms with van der Waals surface area (Å²) < 4.78 is 0. The number of aromatic carboxylic acids is 1. The number of carboxylic acids is 1. The van der Waals surface area contributed by atoms with Crippen molar-refractivity contribution in [3.05, 3.63) is 23.8 Å². The molecule has 2 fully saturated rings. The highest BCUT2D eigenvalue weighted by Crippen LogP contribution is 2.49. The van der Waals surface area contributed by atoms with E-state index in [0.29, 0.717) is 23.3 Å². The van der Waals surface area contributed by atoms with E-state index in [1.54, 1.807) is 12.1 Å². The number of hydrogen-bond acceptors (Lipinski definition) is 3. The van der Waals surface area contributed by atoms with E-state index in [0.717, 1.165) is 11.8 Å². The van der Waals surface area contributed by atoms with Gasteiger partial charge in [-0.1, -0.05) is 6.42 Å². The average Bonchev–Trinajstić information content (AvgIpc) is 3.03. The van der Waals surface area contributed by atoms with E-state index in [-0.39, 0.29) is 5.56 Å². The Balaban J connectivity index is 1.76. The van der Waals surface area contributed by atoms with Crippen molar-refractivity contribution in [2.75, 3.05) is 11.1 Å². The van der Waals surface area contributed by atoms with Crippen LogP contribution in [0, 0.1) is 17.8 Å². The van der Waals surface area contributed by atoms with Gasteiger partial charge in [0.25, 0.3) is 0 Å². The maximum Gasteiger partial charge on any atom is 0.337 e. The van der Waals surface area contributed by atoms with E-state index in [1.165, 1.54) is 31.7 Å². The zero-order valence-electron chi connectivity index (χ0n) is 11.8. The highest BCUT2D eigenvalue weighted by atomic mass is 16.4. The van der Waals surface area contributed by atoms with Gasteiger partial charge < -0.3 is 16.2 Å². The molecule has 0 aromatic heterocycles. The highest BCUT2D eigenvalue weighted by molar-refractivity contribution is 5.95. The van der Waals surface area contributed by atoms with E-state index in [9.17, 15) is 9.90 Å². The molecule has 4 unspecified atom stereocenters. The summed E-state index contributed by atoms with van der Waals surface area (Å²) in [4.78, 5) is 11.3. The molecule has 0 radical (unpaired) electrons. The molecule has 20 heavy (non-hydrogen) atoms. The molecule has 4 nitrogen and oxygen atoms in total. The van der Waals surface area contributed by atoms with Gasteiger partial charge in [0.2, 0.25) is 0 Å². The minimum atomic E-state index is -0.931. The molecular weight excluding hydrogens is 252 g/mol. The van der Waals surface area contributed by atoms with Crippen LogP contribution in [0.5, 0.6) is 0 Å². The largest absolute Gasteiger partial charge is 0.478 e. The lowest BCUT2D eigenvalue weighted by Crippen LogP contribution is -2.30. The minimum absolute atomic E-state index is 0.264. The van der Waals surface area contributed by atoms with Crippen LogP contribution in [-0.2, 0) is 0 Å². The number of nitrogen functional groups attached to an aromatic ring is 1. The Kier molecular flexibility index (Phi) is 3.32. The van der Waals surface area contributed by atoms with Crippen molar-refractivity contribution in [2.45, 2.75) is 38.6 Å². The topological polar surface area (TPSA) is 75.3 Å². The van der Waals surface area contributed by atoms with Crippen molar-refractivity contribution in [2.24, 2.45) is 17.8 Å². The summed E-state index contributed by atoms with van der Waals surface area (Å²) in [5, 5.41) is 12.7. The Morgan fingerprint density at radius 1 is 1.40 bits per heavy atom. The van der Waals surface area contributed by atoms with Crippen molar-refractivity contribution in [1.29, 1.82) is 0 Å². The molecule has 2 saturated carbocycles. The Labute approximate surface area is 119 Å². The molecule has 4 heteroatoms. The summed E-state index contributed by atoms with van der Waals surface area (Å²) in [6.07, 6.45) is 5.38. The molecule has 0 heterocycles. The van der Waals surface area contributed by atoms with Crippen molar-refractivity contribution in [1.82, 2.24) is 0 Å². The summed E-state index contributed by atoms with van der Waals surface area (Å²) in [6.45, 7) is 2.17. The second kappa shape index (κ2) is 5.00. The van der Waals surface area contributed by atoms with Crippen LogP contribution in [0.15, 0.2) is 18.2 Å². The predicted octanol–water partition coefficient (Wildman–Crippen LogP) is 3.20. The van der Waals surface area contributed by atoms with E-state index >= 15 is 0 Å². The fourth-order valence-corrected chi connectivity index (χ4v) is 4.12. The maximum atomic E-state index is 11.3. The number of carbonyl (C=O) groups is 1. The summed E-state index contributed by atoms with van der Waals surface area (Å²) in [6, 6.07) is 5.37. The summed E-state index contributed by atoms with van der Waals surface area (Å²) in [7, 11) is 0. The zero-order valence-corrected chi connectivity index (χ0v) is 11.8. The van der Waals surface area contributed by atoms with Crippen LogP contribution in [-0.4, -0.2) is 17.1 Å². The van der Waals surface area contributed by atoms with Gasteiger partial charge in [0, 0.05) is 17.4 Å². The van der Waals surface area contributed by atoms with Crippen molar-refractivity contribution >= 4 is 17.3 Å². The number of hydrogen-bond donors (Lipinski definition) is 3. The number of rotatable bonds is 4. The van der Waals surface area contributed by atoms with Gasteiger partial charge in [0.1, 0.15) is 0 Å². The van der Waals surface area contributed by atoms with Crippen LogP contribution in [0.25, 0.3) is 0 Å². The zero-order chi connectivity index (χ0) is 14.3. The van der Waals surface area contributed by atoms with Crippen LogP contribution in [0.3, 0.4) is 0 Å². The monoisotopic (exact) mass is 274 g/mol. The molecule has 4 N–H and O–H groups in total. The third kappa shape index (κ3) is 2.35. The number of nitrogens with two attached hydrogens (primary N) is 1. The summed E-state index contributed by atoms with van der Waals surface area (Å²) in [5.74, 6) is 1.47. The fourth-order valence-electron chi connectivity index (χ4n) is 4.12. The number of anilines is 2. The van der Waals surface area contributed by atoms with Gasteiger partial charge in [0.15, 0.2) is 0 Å². The predicted molar refractivity (Wildman–Crippen MR) is 79.8 cm³/mol. The number of nitrogens with one attached hydrogen (secondary N) is 1. The molecule has 0 spiro atoms. The molecular formula is C16H22N2O2. The molecule has 0 aliphatic heterocycles. The van der Waals surface area contributed by atoms with Crippen molar-refractivity contribution in [3.8, 4) is 0 Å². The quantitative estimate of drug-likeness (QED) is 0.737. The Morgan fingerprint density at radius 2 is 2.20 bits per heavy atom. The molecule has 4 atom stereocenters. The first kappa shape index (κ1) is 13.3. The SMILES string of the molecule is CC(Nc1ccc(N)cc1C(=O)O)C1CC2CCC1C2. The Hall–Kier alpha value is -1.71. The Bertz CT molecular complexity index is 529. The van der Waals surface area contributed by atoms with E-state index < -0.39 is 5.97 Å². The van der Waals surface area contributed by atoms with Crippen LogP contribution in [0.2, 0.25) is 0 Å². The number of carboxylic acid groups (broad SMARTS) is 1. The van der Waals surface area contributed by atoms with E-state index in [2.05, 4.69) is 12.2 Å². The van der Waals surface area contributed by atoms with Crippen molar-refractivity contribution < 1.29 is 9.90 Å². The standard InChI is InChI=1S/C16H22N2O2/c1-9(13-7-10-2-3-11(13)6-10)18-15-5-4-12(17)8-14(15)16(19)20/h4-5,8-11,13,18H,2-3,6-7,17H2,1H3,(H,19,20). The molecule has 1 aromatic rings. The van der Waals surface area contributed by atoms with Crippen molar-refractivity contribution in [3.63, 3.8) is 0 Å². The third-order valence-electron chi connectivity index (χ3n) is 5.09. The first-order chi connectivity index (χ1) is 9.54. The van der Waals surface area contributed by atoms with Crippen LogP contribution in [0.1, 0.15) is 43.0 Å². The van der Waals surface area contributed by atoms with Crippen LogP contribution < -0.4 is 11.1 Å². The number of benzene rings is 1. The fraction of sp³-hybridized carbons (Fsp3) is 0.562.